The largest absolute Gasteiger partial charge is 0.493 e. The van der Waals surface area contributed by atoms with Crippen LogP contribution in [-0.4, -0.2) is 16.4 Å². The maximum atomic E-state index is 5.72. The van der Waals surface area contributed by atoms with E-state index < -0.39 is 0 Å². The first-order valence-corrected chi connectivity index (χ1v) is 6.09. The lowest BCUT2D eigenvalue weighted by atomic mass is 10.3. The number of benzene rings is 1. The Bertz CT molecular complexity index is 490. The summed E-state index contributed by atoms with van der Waals surface area (Å²) in [6, 6.07) is 5.56. The standard InChI is InChI=1S/C12H14BrN3O/c1-16-8-9(7-15-16)2-3-17-12-5-10(13)4-11(14)6-12/h4-8H,2-3,14H2,1H3. The van der Waals surface area contributed by atoms with Crippen LogP contribution < -0.4 is 10.5 Å². The molecule has 0 aliphatic heterocycles. The minimum absolute atomic E-state index is 0.613. The summed E-state index contributed by atoms with van der Waals surface area (Å²) in [5.74, 6) is 0.778. The molecule has 0 aliphatic carbocycles. The molecule has 5 heteroatoms. The molecule has 0 saturated heterocycles. The van der Waals surface area contributed by atoms with E-state index in [2.05, 4.69) is 21.0 Å². The summed E-state index contributed by atoms with van der Waals surface area (Å²) in [5, 5.41) is 4.10. The number of hydrogen-bond acceptors (Lipinski definition) is 3. The fourth-order valence-electron chi connectivity index (χ4n) is 1.56. The van der Waals surface area contributed by atoms with Crippen molar-refractivity contribution in [1.82, 2.24) is 9.78 Å². The molecule has 0 fully saturated rings. The van der Waals surface area contributed by atoms with E-state index in [9.17, 15) is 0 Å². The Morgan fingerprint density at radius 2 is 2.24 bits per heavy atom. The van der Waals surface area contributed by atoms with Crippen LogP contribution >= 0.6 is 15.9 Å². The summed E-state index contributed by atoms with van der Waals surface area (Å²) >= 11 is 3.38. The Balaban J connectivity index is 1.89. The lowest BCUT2D eigenvalue weighted by molar-refractivity contribution is 0.322. The Kier molecular flexibility index (Phi) is 3.68. The van der Waals surface area contributed by atoms with E-state index in [0.717, 1.165) is 22.2 Å². The summed E-state index contributed by atoms with van der Waals surface area (Å²) in [7, 11) is 1.90. The second-order valence-electron chi connectivity index (χ2n) is 3.84. The minimum Gasteiger partial charge on any atom is -0.493 e. The lowest BCUT2D eigenvalue weighted by Gasteiger charge is -2.06. The van der Waals surface area contributed by atoms with E-state index >= 15 is 0 Å². The Morgan fingerprint density at radius 3 is 2.88 bits per heavy atom. The highest BCUT2D eigenvalue weighted by Gasteiger charge is 2.00. The number of aryl methyl sites for hydroxylation is 1. The fraction of sp³-hybridized carbons (Fsp3) is 0.250. The molecule has 0 aliphatic rings. The summed E-state index contributed by atoms with van der Waals surface area (Å²) < 4.78 is 8.34. The smallest absolute Gasteiger partial charge is 0.122 e. The van der Waals surface area contributed by atoms with Gasteiger partial charge in [0, 0.05) is 35.9 Å². The zero-order valence-corrected chi connectivity index (χ0v) is 11.1. The fourth-order valence-corrected chi connectivity index (χ4v) is 2.05. The van der Waals surface area contributed by atoms with Crippen LogP contribution in [0.5, 0.6) is 5.75 Å². The van der Waals surface area contributed by atoms with Crippen molar-refractivity contribution in [1.29, 1.82) is 0 Å². The molecular weight excluding hydrogens is 282 g/mol. The van der Waals surface area contributed by atoms with Crippen LogP contribution in [0.25, 0.3) is 0 Å². The predicted molar refractivity (Wildman–Crippen MR) is 71.0 cm³/mol. The van der Waals surface area contributed by atoms with Crippen molar-refractivity contribution in [3.05, 3.63) is 40.6 Å². The van der Waals surface area contributed by atoms with Gasteiger partial charge in [0.1, 0.15) is 5.75 Å². The van der Waals surface area contributed by atoms with Crippen molar-refractivity contribution in [2.75, 3.05) is 12.3 Å². The predicted octanol–water partition coefficient (Wildman–Crippen LogP) is 2.39. The van der Waals surface area contributed by atoms with Crippen LogP contribution in [0.15, 0.2) is 35.1 Å². The number of nitrogens with zero attached hydrogens (tertiary/aromatic N) is 2. The van der Waals surface area contributed by atoms with E-state index in [-0.39, 0.29) is 0 Å². The van der Waals surface area contributed by atoms with Crippen molar-refractivity contribution in [2.24, 2.45) is 7.05 Å². The number of aromatic nitrogens is 2. The number of hydrogen-bond donors (Lipinski definition) is 1. The van der Waals surface area contributed by atoms with E-state index in [1.807, 2.05) is 37.6 Å². The van der Waals surface area contributed by atoms with Gasteiger partial charge in [-0.2, -0.15) is 5.10 Å². The Labute approximate surface area is 109 Å². The quantitative estimate of drug-likeness (QED) is 0.881. The zero-order valence-electron chi connectivity index (χ0n) is 9.56. The molecule has 0 spiro atoms. The second-order valence-corrected chi connectivity index (χ2v) is 4.76. The van der Waals surface area contributed by atoms with Gasteiger partial charge in [0.2, 0.25) is 0 Å². The van der Waals surface area contributed by atoms with E-state index in [1.54, 1.807) is 4.68 Å². The van der Waals surface area contributed by atoms with Crippen molar-refractivity contribution >= 4 is 21.6 Å². The minimum atomic E-state index is 0.613. The third-order valence-electron chi connectivity index (χ3n) is 2.31. The first-order chi connectivity index (χ1) is 8.13. The number of nitrogen functional groups attached to an aromatic ring is 1. The molecule has 0 amide bonds. The maximum absolute atomic E-state index is 5.72. The van der Waals surface area contributed by atoms with Gasteiger partial charge in [0.25, 0.3) is 0 Å². The van der Waals surface area contributed by atoms with Crippen molar-refractivity contribution in [3.63, 3.8) is 0 Å². The highest BCUT2D eigenvalue weighted by atomic mass is 79.9. The SMILES string of the molecule is Cn1cc(CCOc2cc(N)cc(Br)c2)cn1. The van der Waals surface area contributed by atoms with Crippen LogP contribution in [0.3, 0.4) is 0 Å². The van der Waals surface area contributed by atoms with Gasteiger partial charge in [-0.25, -0.2) is 0 Å². The van der Waals surface area contributed by atoms with Crippen LogP contribution in [0.2, 0.25) is 0 Å². The molecule has 17 heavy (non-hydrogen) atoms. The number of anilines is 1. The normalized spacial score (nSPS) is 10.5. The molecule has 1 aromatic heterocycles. The van der Waals surface area contributed by atoms with Gasteiger partial charge in [0.15, 0.2) is 0 Å². The molecular formula is C12H14BrN3O. The molecule has 2 N–H and O–H groups in total. The molecule has 90 valence electrons. The highest BCUT2D eigenvalue weighted by molar-refractivity contribution is 9.10. The number of nitrogens with two attached hydrogens (primary N) is 1. The molecule has 0 unspecified atom stereocenters. The van der Waals surface area contributed by atoms with Gasteiger partial charge in [-0.3, -0.25) is 4.68 Å². The third kappa shape index (κ3) is 3.49. The molecule has 0 radical (unpaired) electrons. The summed E-state index contributed by atoms with van der Waals surface area (Å²) in [6.45, 7) is 0.613. The van der Waals surface area contributed by atoms with Crippen molar-refractivity contribution in [2.45, 2.75) is 6.42 Å². The molecule has 2 rings (SSSR count). The molecule has 1 aromatic carbocycles. The molecule has 4 nitrogen and oxygen atoms in total. The third-order valence-corrected chi connectivity index (χ3v) is 2.77. The van der Waals surface area contributed by atoms with Gasteiger partial charge < -0.3 is 10.5 Å². The van der Waals surface area contributed by atoms with Crippen LogP contribution in [0.1, 0.15) is 5.56 Å². The van der Waals surface area contributed by atoms with Crippen LogP contribution in [-0.2, 0) is 13.5 Å². The van der Waals surface area contributed by atoms with Crippen LogP contribution in [0, 0.1) is 0 Å². The van der Waals surface area contributed by atoms with Crippen molar-refractivity contribution in [3.8, 4) is 5.75 Å². The summed E-state index contributed by atoms with van der Waals surface area (Å²) in [6.07, 6.45) is 4.66. The average Bonchev–Trinajstić information content (AvgIpc) is 2.63. The maximum Gasteiger partial charge on any atom is 0.122 e. The topological polar surface area (TPSA) is 53.1 Å². The van der Waals surface area contributed by atoms with E-state index in [0.29, 0.717) is 12.3 Å². The molecule has 1 heterocycles. The molecule has 0 saturated carbocycles. The van der Waals surface area contributed by atoms with Crippen molar-refractivity contribution < 1.29 is 4.74 Å². The number of halogens is 1. The summed E-state index contributed by atoms with van der Waals surface area (Å²) in [5.41, 5.74) is 7.58. The van der Waals surface area contributed by atoms with Gasteiger partial charge in [-0.1, -0.05) is 15.9 Å². The Morgan fingerprint density at radius 1 is 1.41 bits per heavy atom. The van der Waals surface area contributed by atoms with E-state index in [4.69, 9.17) is 10.5 Å². The number of rotatable bonds is 4. The summed E-state index contributed by atoms with van der Waals surface area (Å²) in [4.78, 5) is 0. The lowest BCUT2D eigenvalue weighted by Crippen LogP contribution is -2.01. The first-order valence-electron chi connectivity index (χ1n) is 5.30. The Hall–Kier alpha value is -1.49. The van der Waals surface area contributed by atoms with Crippen LogP contribution in [0.4, 0.5) is 5.69 Å². The highest BCUT2D eigenvalue weighted by Crippen LogP contribution is 2.22. The second kappa shape index (κ2) is 5.23. The van der Waals surface area contributed by atoms with Gasteiger partial charge in [-0.15, -0.1) is 0 Å². The van der Waals surface area contributed by atoms with E-state index in [1.165, 1.54) is 0 Å². The van der Waals surface area contributed by atoms with Gasteiger partial charge in [0.05, 0.1) is 12.8 Å². The zero-order chi connectivity index (χ0) is 12.3. The molecule has 2 aromatic rings. The van der Waals surface area contributed by atoms with Gasteiger partial charge >= 0.3 is 0 Å². The molecule has 0 atom stereocenters. The average molecular weight is 296 g/mol. The number of ether oxygens (including phenoxy) is 1. The van der Waals surface area contributed by atoms with Gasteiger partial charge in [-0.05, 0) is 17.7 Å². The monoisotopic (exact) mass is 295 g/mol. The first kappa shape index (κ1) is 12.0. The molecule has 0 bridgehead atoms.